The Kier molecular flexibility index (Phi) is 4.16. The number of hydrogen-bond donors (Lipinski definition) is 3. The summed E-state index contributed by atoms with van der Waals surface area (Å²) >= 11 is 0. The highest BCUT2D eigenvalue weighted by atomic mass is 16.6. The molecule has 0 radical (unpaired) electrons. The fourth-order valence-electron chi connectivity index (χ4n) is 2.85. The Morgan fingerprint density at radius 2 is 2.08 bits per heavy atom. The highest BCUT2D eigenvalue weighted by Gasteiger charge is 2.43. The van der Waals surface area contributed by atoms with Crippen LogP contribution in [0.3, 0.4) is 0 Å². The molecule has 1 aromatic carbocycles. The second-order valence-electron chi connectivity index (χ2n) is 6.25. The van der Waals surface area contributed by atoms with Crippen LogP contribution in [0.4, 0.5) is 11.6 Å². The van der Waals surface area contributed by atoms with Crippen molar-refractivity contribution in [3.8, 4) is 0 Å². The van der Waals surface area contributed by atoms with Crippen molar-refractivity contribution in [1.82, 2.24) is 9.55 Å². The molecule has 1 fully saturated rings. The van der Waals surface area contributed by atoms with E-state index in [0.29, 0.717) is 17.0 Å². The average Bonchev–Trinajstić information content (AvgIpc) is 2.97. The number of nitrogens with zero attached hydrogens (tertiary/aromatic N) is 3. The van der Waals surface area contributed by atoms with E-state index in [-0.39, 0.29) is 11.7 Å². The van der Waals surface area contributed by atoms with Crippen LogP contribution in [0, 0.1) is 10.1 Å². The van der Waals surface area contributed by atoms with Crippen LogP contribution in [0.1, 0.15) is 27.0 Å². The number of imidazole rings is 1. The van der Waals surface area contributed by atoms with Gasteiger partial charge in [-0.2, -0.15) is 0 Å². The van der Waals surface area contributed by atoms with Gasteiger partial charge in [0, 0.05) is 18.2 Å². The number of aliphatic hydroxyl groups is 2. The maximum atomic E-state index is 11.1. The smallest absolute Gasteiger partial charge is 0.271 e. The van der Waals surface area contributed by atoms with Gasteiger partial charge in [-0.1, -0.05) is 0 Å². The van der Waals surface area contributed by atoms with E-state index >= 15 is 0 Å². The normalized spacial score (nSPS) is 27.1. The van der Waals surface area contributed by atoms with Gasteiger partial charge in [-0.25, -0.2) is 4.98 Å². The molecule has 1 aliphatic rings. The van der Waals surface area contributed by atoms with Gasteiger partial charge in [-0.3, -0.25) is 14.7 Å². The van der Waals surface area contributed by atoms with Crippen LogP contribution >= 0.6 is 0 Å². The Balaban J connectivity index is 2.18. The van der Waals surface area contributed by atoms with E-state index in [1.54, 1.807) is 17.6 Å². The van der Waals surface area contributed by atoms with Crippen molar-refractivity contribution in [1.29, 1.82) is 0 Å². The molecule has 1 saturated heterocycles. The van der Waals surface area contributed by atoms with Crippen molar-refractivity contribution in [2.45, 2.75) is 51.4 Å². The lowest BCUT2D eigenvalue weighted by atomic mass is 10.1. The molecule has 1 aliphatic heterocycles. The largest absolute Gasteiger partial charge is 0.388 e. The Bertz CT molecular complexity index is 775. The van der Waals surface area contributed by atoms with Gasteiger partial charge in [0.05, 0.1) is 22.1 Å². The number of nitrogens with one attached hydrogen (secondary N) is 1. The number of benzene rings is 1. The first-order chi connectivity index (χ1) is 11.3. The van der Waals surface area contributed by atoms with E-state index in [4.69, 9.17) is 4.74 Å². The van der Waals surface area contributed by atoms with Gasteiger partial charge < -0.3 is 20.3 Å². The monoisotopic (exact) mass is 336 g/mol. The summed E-state index contributed by atoms with van der Waals surface area (Å²) in [6.45, 7) is 5.51. The quantitative estimate of drug-likeness (QED) is 0.569. The molecule has 0 bridgehead atoms. The van der Waals surface area contributed by atoms with Gasteiger partial charge >= 0.3 is 0 Å². The zero-order valence-corrected chi connectivity index (χ0v) is 13.6. The zero-order chi connectivity index (χ0) is 17.6. The predicted octanol–water partition coefficient (Wildman–Crippen LogP) is 1.40. The van der Waals surface area contributed by atoms with Crippen molar-refractivity contribution in [3.05, 3.63) is 28.3 Å². The molecule has 4 atom stereocenters. The van der Waals surface area contributed by atoms with E-state index in [0.717, 1.165) is 0 Å². The molecule has 9 heteroatoms. The topological polar surface area (TPSA) is 123 Å². The van der Waals surface area contributed by atoms with E-state index < -0.39 is 29.5 Å². The molecule has 0 spiro atoms. The number of anilines is 1. The van der Waals surface area contributed by atoms with Gasteiger partial charge in [0.2, 0.25) is 5.95 Å². The maximum absolute atomic E-state index is 11.1. The molecule has 3 rings (SSSR count). The molecule has 2 heterocycles. The van der Waals surface area contributed by atoms with Crippen LogP contribution in [0.15, 0.2) is 18.2 Å². The fourth-order valence-corrected chi connectivity index (χ4v) is 2.85. The zero-order valence-electron chi connectivity index (χ0n) is 13.6. The van der Waals surface area contributed by atoms with E-state index in [2.05, 4.69) is 10.3 Å². The molecule has 0 unspecified atom stereocenters. The molecule has 9 nitrogen and oxygen atoms in total. The number of rotatable bonds is 4. The van der Waals surface area contributed by atoms with Gasteiger partial charge in [-0.05, 0) is 26.8 Å². The third-order valence-electron chi connectivity index (χ3n) is 4.03. The SMILES string of the molecule is CC(C)Nc1nc2ccc([N+](=O)[O-])cc2n1[C@@H]1O[C@H](C)[C@@H](O)[C@H]1O. The summed E-state index contributed by atoms with van der Waals surface area (Å²) in [5.74, 6) is 0.422. The lowest BCUT2D eigenvalue weighted by Crippen LogP contribution is -2.31. The van der Waals surface area contributed by atoms with Gasteiger partial charge in [0.25, 0.3) is 5.69 Å². The van der Waals surface area contributed by atoms with Gasteiger partial charge in [0.1, 0.15) is 12.2 Å². The summed E-state index contributed by atoms with van der Waals surface area (Å²) in [7, 11) is 0. The second-order valence-corrected chi connectivity index (χ2v) is 6.25. The first-order valence-corrected chi connectivity index (χ1v) is 7.74. The summed E-state index contributed by atoms with van der Waals surface area (Å²) in [5.41, 5.74) is 0.909. The Labute approximate surface area is 138 Å². The number of nitro groups is 1. The molecular formula is C15H20N4O5. The number of aromatic nitrogens is 2. The van der Waals surface area contributed by atoms with E-state index in [9.17, 15) is 20.3 Å². The number of fused-ring (bicyclic) bond motifs is 1. The number of non-ortho nitro benzene ring substituents is 1. The molecule has 0 saturated carbocycles. The van der Waals surface area contributed by atoms with Gasteiger partial charge in [0.15, 0.2) is 6.23 Å². The molecule has 3 N–H and O–H groups in total. The van der Waals surface area contributed by atoms with Crippen LogP contribution in [0.25, 0.3) is 11.0 Å². The minimum Gasteiger partial charge on any atom is -0.388 e. The number of nitro benzene ring substituents is 1. The Morgan fingerprint density at radius 3 is 2.62 bits per heavy atom. The number of aliphatic hydroxyl groups excluding tert-OH is 2. The summed E-state index contributed by atoms with van der Waals surface area (Å²) in [4.78, 5) is 15.0. The second kappa shape index (κ2) is 6.00. The van der Waals surface area contributed by atoms with Crippen molar-refractivity contribution in [2.75, 3.05) is 5.32 Å². The minimum atomic E-state index is -1.16. The molecule has 24 heavy (non-hydrogen) atoms. The lowest BCUT2D eigenvalue weighted by Gasteiger charge is -2.21. The third kappa shape index (κ3) is 2.70. The fraction of sp³-hybridized carbons (Fsp3) is 0.533. The molecule has 130 valence electrons. The van der Waals surface area contributed by atoms with Crippen LogP contribution in [0.5, 0.6) is 0 Å². The molecule has 0 aliphatic carbocycles. The van der Waals surface area contributed by atoms with E-state index in [1.807, 2.05) is 13.8 Å². The molecule has 1 aromatic heterocycles. The highest BCUT2D eigenvalue weighted by molar-refractivity contribution is 5.81. The summed E-state index contributed by atoms with van der Waals surface area (Å²) in [5, 5.41) is 34.5. The van der Waals surface area contributed by atoms with Crippen LogP contribution < -0.4 is 5.32 Å². The van der Waals surface area contributed by atoms with Gasteiger partial charge in [-0.15, -0.1) is 0 Å². The van der Waals surface area contributed by atoms with E-state index in [1.165, 1.54) is 12.1 Å². The van der Waals surface area contributed by atoms with Crippen LogP contribution in [-0.4, -0.2) is 49.0 Å². The summed E-state index contributed by atoms with van der Waals surface area (Å²) in [6, 6.07) is 4.37. The Hall–Kier alpha value is -2.23. The van der Waals surface area contributed by atoms with Crippen molar-refractivity contribution < 1.29 is 19.9 Å². The first-order valence-electron chi connectivity index (χ1n) is 7.74. The average molecular weight is 336 g/mol. The number of hydrogen-bond acceptors (Lipinski definition) is 7. The van der Waals surface area contributed by atoms with Crippen molar-refractivity contribution in [3.63, 3.8) is 0 Å². The number of ether oxygens (including phenoxy) is 1. The van der Waals surface area contributed by atoms with Crippen molar-refractivity contribution >= 4 is 22.7 Å². The lowest BCUT2D eigenvalue weighted by molar-refractivity contribution is -0.384. The minimum absolute atomic E-state index is 0.0523. The predicted molar refractivity (Wildman–Crippen MR) is 86.7 cm³/mol. The highest BCUT2D eigenvalue weighted by Crippen LogP contribution is 2.36. The third-order valence-corrected chi connectivity index (χ3v) is 4.03. The Morgan fingerprint density at radius 1 is 1.38 bits per heavy atom. The summed E-state index contributed by atoms with van der Waals surface area (Å²) < 4.78 is 7.24. The maximum Gasteiger partial charge on any atom is 0.271 e. The van der Waals surface area contributed by atoms with Crippen molar-refractivity contribution in [2.24, 2.45) is 0 Å². The van der Waals surface area contributed by atoms with Crippen LogP contribution in [-0.2, 0) is 4.74 Å². The first kappa shape index (κ1) is 16.6. The molecule has 2 aromatic rings. The van der Waals surface area contributed by atoms with Crippen LogP contribution in [0.2, 0.25) is 0 Å². The summed E-state index contributed by atoms with van der Waals surface area (Å²) in [6.07, 6.45) is -3.65. The standard InChI is InChI=1S/C15H20N4O5/c1-7(2)16-15-17-10-5-4-9(19(22)23)6-11(10)18(15)14-13(21)12(20)8(3)24-14/h4-8,12-14,20-21H,1-3H3,(H,16,17)/t8-,12-,13-,14-/m1/s1. The molecule has 0 amide bonds. The molecular weight excluding hydrogens is 316 g/mol.